The Hall–Kier alpha value is -0.0800. The van der Waals surface area contributed by atoms with Crippen LogP contribution in [0.2, 0.25) is 0 Å². The van der Waals surface area contributed by atoms with Crippen LogP contribution in [0.25, 0.3) is 0 Å². The van der Waals surface area contributed by atoms with Gasteiger partial charge in [-0.3, -0.25) is 4.90 Å². The maximum atomic E-state index is 3.74. The maximum absolute atomic E-state index is 3.74. The summed E-state index contributed by atoms with van der Waals surface area (Å²) in [6, 6.07) is 1.55. The minimum Gasteiger partial charge on any atom is -0.313 e. The fraction of sp³-hybridized carbons (Fsp3) is 1.00. The maximum Gasteiger partial charge on any atom is 0.0252 e. The lowest BCUT2D eigenvalue weighted by molar-refractivity contribution is 0.113. The molecule has 1 saturated carbocycles. The van der Waals surface area contributed by atoms with Crippen molar-refractivity contribution < 1.29 is 0 Å². The summed E-state index contributed by atoms with van der Waals surface area (Å²) in [4.78, 5) is 2.80. The van der Waals surface area contributed by atoms with Gasteiger partial charge in [-0.25, -0.2) is 0 Å². The highest BCUT2D eigenvalue weighted by Crippen LogP contribution is 2.34. The summed E-state index contributed by atoms with van der Waals surface area (Å²) >= 11 is 0. The summed E-state index contributed by atoms with van der Waals surface area (Å²) in [6.07, 6.45) is 5.61. The fourth-order valence-electron chi connectivity index (χ4n) is 3.95. The lowest BCUT2D eigenvalue weighted by Gasteiger charge is -2.41. The minimum atomic E-state index is 0.746. The van der Waals surface area contributed by atoms with E-state index in [9.17, 15) is 0 Å². The molecule has 0 spiro atoms. The Morgan fingerprint density at radius 3 is 2.28 bits per heavy atom. The van der Waals surface area contributed by atoms with E-state index >= 15 is 0 Å². The molecule has 0 amide bonds. The van der Waals surface area contributed by atoms with Gasteiger partial charge in [0.2, 0.25) is 0 Å². The van der Waals surface area contributed by atoms with Gasteiger partial charge in [0.05, 0.1) is 0 Å². The minimum absolute atomic E-state index is 0.746. The molecule has 1 aliphatic carbocycles. The number of likely N-dealkylation sites (tertiary alicyclic amines) is 1. The van der Waals surface area contributed by atoms with Gasteiger partial charge in [0, 0.05) is 25.2 Å². The van der Waals surface area contributed by atoms with E-state index in [2.05, 4.69) is 37.9 Å². The molecule has 5 unspecified atom stereocenters. The predicted octanol–water partition coefficient (Wildman–Crippen LogP) is 3.13. The van der Waals surface area contributed by atoms with Crippen LogP contribution in [-0.2, 0) is 0 Å². The van der Waals surface area contributed by atoms with E-state index in [0.29, 0.717) is 0 Å². The van der Waals surface area contributed by atoms with Crippen LogP contribution in [0.1, 0.15) is 53.4 Å². The molecule has 0 aromatic rings. The second-order valence-corrected chi connectivity index (χ2v) is 6.73. The first-order chi connectivity index (χ1) is 8.65. The first-order valence-corrected chi connectivity index (χ1v) is 8.13. The molecule has 1 saturated heterocycles. The zero-order valence-corrected chi connectivity index (χ0v) is 12.8. The summed E-state index contributed by atoms with van der Waals surface area (Å²) in [5, 5.41) is 3.74. The number of likely N-dealkylation sites (N-methyl/N-ethyl adjacent to an activating group) is 1. The van der Waals surface area contributed by atoms with E-state index < -0.39 is 0 Å². The molecule has 0 radical (unpaired) electrons. The zero-order valence-electron chi connectivity index (χ0n) is 12.8. The monoisotopic (exact) mass is 252 g/mol. The molecule has 2 nitrogen and oxygen atoms in total. The van der Waals surface area contributed by atoms with E-state index in [-0.39, 0.29) is 0 Å². The van der Waals surface area contributed by atoms with Gasteiger partial charge in [-0.05, 0) is 43.6 Å². The Morgan fingerprint density at radius 1 is 1.06 bits per heavy atom. The molecule has 1 aliphatic heterocycles. The standard InChI is InChI=1S/C16H32N2/c1-5-14-7-8-15(17-6-2)16(9-14)18-10-12(3)13(4)11-18/h12-17H,5-11H2,1-4H3. The highest BCUT2D eigenvalue weighted by atomic mass is 15.2. The van der Waals surface area contributed by atoms with Crippen LogP contribution in [-0.4, -0.2) is 36.6 Å². The lowest BCUT2D eigenvalue weighted by Crippen LogP contribution is -2.52. The molecule has 2 aliphatic rings. The van der Waals surface area contributed by atoms with Gasteiger partial charge in [0.25, 0.3) is 0 Å². The summed E-state index contributed by atoms with van der Waals surface area (Å²) in [5.74, 6) is 2.74. The molecule has 106 valence electrons. The Bertz CT molecular complexity index is 243. The molecule has 0 aromatic heterocycles. The Kier molecular flexibility index (Phi) is 5.08. The zero-order chi connectivity index (χ0) is 13.1. The van der Waals surface area contributed by atoms with Gasteiger partial charge < -0.3 is 5.32 Å². The van der Waals surface area contributed by atoms with E-state index in [1.54, 1.807) is 0 Å². The summed E-state index contributed by atoms with van der Waals surface area (Å²) in [5.41, 5.74) is 0. The van der Waals surface area contributed by atoms with Crippen molar-refractivity contribution in [3.8, 4) is 0 Å². The smallest absolute Gasteiger partial charge is 0.0252 e. The highest BCUT2D eigenvalue weighted by molar-refractivity contribution is 4.94. The van der Waals surface area contributed by atoms with Gasteiger partial charge in [-0.1, -0.05) is 34.1 Å². The van der Waals surface area contributed by atoms with Crippen LogP contribution < -0.4 is 5.32 Å². The van der Waals surface area contributed by atoms with Crippen LogP contribution >= 0.6 is 0 Å². The van der Waals surface area contributed by atoms with Crippen molar-refractivity contribution in [2.45, 2.75) is 65.5 Å². The topological polar surface area (TPSA) is 15.3 Å². The van der Waals surface area contributed by atoms with Crippen molar-refractivity contribution >= 4 is 0 Å². The molecule has 2 heteroatoms. The van der Waals surface area contributed by atoms with Crippen molar-refractivity contribution in [3.63, 3.8) is 0 Å². The second-order valence-electron chi connectivity index (χ2n) is 6.73. The predicted molar refractivity (Wildman–Crippen MR) is 78.8 cm³/mol. The molecule has 2 fully saturated rings. The molecule has 18 heavy (non-hydrogen) atoms. The van der Waals surface area contributed by atoms with Crippen molar-refractivity contribution in [2.75, 3.05) is 19.6 Å². The molecule has 1 heterocycles. The Labute approximate surface area is 114 Å². The van der Waals surface area contributed by atoms with Gasteiger partial charge in [0.15, 0.2) is 0 Å². The first-order valence-electron chi connectivity index (χ1n) is 8.13. The van der Waals surface area contributed by atoms with Crippen molar-refractivity contribution in [3.05, 3.63) is 0 Å². The molecular formula is C16H32N2. The van der Waals surface area contributed by atoms with Crippen molar-refractivity contribution in [1.82, 2.24) is 10.2 Å². The van der Waals surface area contributed by atoms with Crippen LogP contribution in [0.5, 0.6) is 0 Å². The molecule has 1 N–H and O–H groups in total. The number of rotatable bonds is 4. The van der Waals surface area contributed by atoms with Crippen LogP contribution in [0.4, 0.5) is 0 Å². The third-order valence-electron chi connectivity index (χ3n) is 5.45. The largest absolute Gasteiger partial charge is 0.313 e. The SMILES string of the molecule is CCNC1CCC(CC)CC1N1CC(C)C(C)C1. The van der Waals surface area contributed by atoms with Gasteiger partial charge >= 0.3 is 0 Å². The van der Waals surface area contributed by atoms with Gasteiger partial charge in [-0.2, -0.15) is 0 Å². The van der Waals surface area contributed by atoms with Crippen molar-refractivity contribution in [2.24, 2.45) is 17.8 Å². The summed E-state index contributed by atoms with van der Waals surface area (Å²) in [6.45, 7) is 13.2. The summed E-state index contributed by atoms with van der Waals surface area (Å²) < 4.78 is 0. The molecule has 0 bridgehead atoms. The van der Waals surface area contributed by atoms with Crippen LogP contribution in [0.15, 0.2) is 0 Å². The number of hydrogen-bond acceptors (Lipinski definition) is 2. The van der Waals surface area contributed by atoms with Crippen LogP contribution in [0.3, 0.4) is 0 Å². The van der Waals surface area contributed by atoms with Gasteiger partial charge in [0.1, 0.15) is 0 Å². The second kappa shape index (κ2) is 6.38. The van der Waals surface area contributed by atoms with Gasteiger partial charge in [-0.15, -0.1) is 0 Å². The van der Waals surface area contributed by atoms with E-state index in [0.717, 1.165) is 36.4 Å². The van der Waals surface area contributed by atoms with E-state index in [4.69, 9.17) is 0 Å². The van der Waals surface area contributed by atoms with E-state index in [1.165, 1.54) is 38.8 Å². The Morgan fingerprint density at radius 2 is 1.72 bits per heavy atom. The fourth-order valence-corrected chi connectivity index (χ4v) is 3.95. The number of hydrogen-bond donors (Lipinski definition) is 1. The third kappa shape index (κ3) is 3.08. The van der Waals surface area contributed by atoms with Crippen molar-refractivity contribution in [1.29, 1.82) is 0 Å². The molecule has 0 aromatic carbocycles. The highest BCUT2D eigenvalue weighted by Gasteiger charge is 2.37. The molecular weight excluding hydrogens is 220 g/mol. The first kappa shape index (κ1) is 14.3. The number of nitrogens with zero attached hydrogens (tertiary/aromatic N) is 1. The van der Waals surface area contributed by atoms with Crippen LogP contribution in [0, 0.1) is 17.8 Å². The average Bonchev–Trinajstić information content (AvgIpc) is 2.70. The lowest BCUT2D eigenvalue weighted by atomic mass is 9.80. The molecule has 2 rings (SSSR count). The van der Waals surface area contributed by atoms with E-state index in [1.807, 2.05) is 0 Å². The Balaban J connectivity index is 2.00. The average molecular weight is 252 g/mol. The summed E-state index contributed by atoms with van der Waals surface area (Å²) in [7, 11) is 0. The normalized spacial score (nSPS) is 42.3. The molecule has 5 atom stereocenters. The quantitative estimate of drug-likeness (QED) is 0.827. The third-order valence-corrected chi connectivity index (χ3v) is 5.45. The number of nitrogens with one attached hydrogen (secondary N) is 1.